The van der Waals surface area contributed by atoms with Crippen molar-refractivity contribution in [1.82, 2.24) is 14.8 Å². The van der Waals surface area contributed by atoms with Crippen LogP contribution in [0.15, 0.2) is 22.6 Å². The van der Waals surface area contributed by atoms with Gasteiger partial charge in [-0.15, -0.1) is 0 Å². The van der Waals surface area contributed by atoms with Gasteiger partial charge in [0.2, 0.25) is 5.91 Å². The van der Waals surface area contributed by atoms with E-state index in [1.807, 2.05) is 4.90 Å². The number of hydrogen-bond donors (Lipinski definition) is 1. The lowest BCUT2D eigenvalue weighted by Gasteiger charge is -2.49. The van der Waals surface area contributed by atoms with Gasteiger partial charge in [0.25, 0.3) is 11.9 Å². The summed E-state index contributed by atoms with van der Waals surface area (Å²) in [5, 5.41) is 0. The third-order valence-corrected chi connectivity index (χ3v) is 6.48. The van der Waals surface area contributed by atoms with Gasteiger partial charge in [-0.2, -0.15) is 4.98 Å². The van der Waals surface area contributed by atoms with Crippen molar-refractivity contribution >= 4 is 28.9 Å². The zero-order valence-electron chi connectivity index (χ0n) is 17.3. The molecular formula is C21H29N5O3. The molecule has 1 aromatic carbocycles. The molecule has 29 heavy (non-hydrogen) atoms. The minimum atomic E-state index is -0.541. The first-order valence-corrected chi connectivity index (χ1v) is 10.2. The van der Waals surface area contributed by atoms with Gasteiger partial charge in [-0.3, -0.25) is 9.59 Å². The number of aromatic nitrogens is 1. The molecule has 2 fully saturated rings. The number of rotatable bonds is 5. The number of piperidine rings is 2. The van der Waals surface area contributed by atoms with Crippen molar-refractivity contribution in [3.8, 4) is 0 Å². The number of para-hydroxylation sites is 1. The van der Waals surface area contributed by atoms with Gasteiger partial charge < -0.3 is 24.9 Å². The summed E-state index contributed by atoms with van der Waals surface area (Å²) in [5.41, 5.74) is 6.79. The normalized spacial score (nSPS) is 24.4. The number of nitrogens with zero attached hydrogens (tertiary/aromatic N) is 4. The van der Waals surface area contributed by atoms with Gasteiger partial charge in [0, 0.05) is 32.2 Å². The van der Waals surface area contributed by atoms with Crippen LogP contribution in [0.3, 0.4) is 0 Å². The zero-order chi connectivity index (χ0) is 20.7. The number of benzene rings is 1. The molecular weight excluding hydrogens is 370 g/mol. The third-order valence-electron chi connectivity index (χ3n) is 6.48. The second-order valence-corrected chi connectivity index (χ2v) is 8.46. The van der Waals surface area contributed by atoms with Crippen LogP contribution in [-0.4, -0.2) is 72.4 Å². The molecule has 156 valence electrons. The van der Waals surface area contributed by atoms with Crippen molar-refractivity contribution < 1.29 is 14.0 Å². The number of oxazole rings is 1. The van der Waals surface area contributed by atoms with Gasteiger partial charge in [0.15, 0.2) is 5.58 Å². The van der Waals surface area contributed by atoms with E-state index in [1.165, 1.54) is 19.3 Å². The molecule has 2 aliphatic heterocycles. The number of carbonyl (C=O) groups is 2. The van der Waals surface area contributed by atoms with Crippen LogP contribution >= 0.6 is 0 Å². The number of likely N-dealkylation sites (N-methyl/N-ethyl adjacent to an activating group) is 1. The Morgan fingerprint density at radius 2 is 1.93 bits per heavy atom. The molecule has 2 atom stereocenters. The first kappa shape index (κ1) is 19.7. The Hall–Kier alpha value is -2.61. The van der Waals surface area contributed by atoms with Crippen LogP contribution in [0.1, 0.15) is 42.5 Å². The van der Waals surface area contributed by atoms with Crippen molar-refractivity contribution in [2.24, 2.45) is 5.73 Å². The maximum atomic E-state index is 12.6. The molecule has 1 aromatic heterocycles. The molecule has 8 heteroatoms. The SMILES string of the molecule is CN(C)C(=O)CN(c1nc2c(C(N)=O)cccc2o1)C1CC2CCCC(C1)N2C. The molecule has 2 amide bonds. The van der Waals surface area contributed by atoms with Crippen LogP contribution in [0.25, 0.3) is 11.1 Å². The van der Waals surface area contributed by atoms with Crippen LogP contribution in [0.4, 0.5) is 6.01 Å². The molecule has 0 aliphatic carbocycles. The first-order valence-electron chi connectivity index (χ1n) is 10.2. The maximum absolute atomic E-state index is 12.6. The molecule has 8 nitrogen and oxygen atoms in total. The lowest BCUT2D eigenvalue weighted by atomic mass is 9.81. The number of hydrogen-bond acceptors (Lipinski definition) is 6. The number of anilines is 1. The van der Waals surface area contributed by atoms with Gasteiger partial charge in [-0.25, -0.2) is 0 Å². The summed E-state index contributed by atoms with van der Waals surface area (Å²) in [7, 11) is 5.71. The fraction of sp³-hybridized carbons (Fsp3) is 0.571. The Labute approximate surface area is 170 Å². The van der Waals surface area contributed by atoms with Gasteiger partial charge in [0.1, 0.15) is 12.1 Å². The van der Waals surface area contributed by atoms with Crippen molar-refractivity contribution in [3.63, 3.8) is 0 Å². The molecule has 3 heterocycles. The molecule has 2 bridgehead atoms. The highest BCUT2D eigenvalue weighted by molar-refractivity contribution is 6.03. The maximum Gasteiger partial charge on any atom is 0.299 e. The topological polar surface area (TPSA) is 95.9 Å². The Bertz CT molecular complexity index is 910. The number of fused-ring (bicyclic) bond motifs is 3. The van der Waals surface area contributed by atoms with E-state index >= 15 is 0 Å². The molecule has 4 rings (SSSR count). The molecule has 0 radical (unpaired) electrons. The van der Waals surface area contributed by atoms with Gasteiger partial charge in [-0.05, 0) is 44.9 Å². The molecule has 2 aliphatic rings. The lowest BCUT2D eigenvalue weighted by Crippen LogP contribution is -2.56. The third kappa shape index (κ3) is 3.69. The highest BCUT2D eigenvalue weighted by Gasteiger charge is 2.40. The Balaban J connectivity index is 1.71. The number of carbonyl (C=O) groups excluding carboxylic acids is 2. The summed E-state index contributed by atoms with van der Waals surface area (Å²) in [6.07, 6.45) is 5.55. The quantitative estimate of drug-likeness (QED) is 0.824. The molecule has 2 saturated heterocycles. The molecule has 2 N–H and O–H groups in total. The van der Waals surface area contributed by atoms with E-state index in [0.29, 0.717) is 34.8 Å². The number of nitrogens with two attached hydrogens (primary N) is 1. The summed E-state index contributed by atoms with van der Waals surface area (Å²) < 4.78 is 6.03. The van der Waals surface area contributed by atoms with Crippen molar-refractivity contribution in [1.29, 1.82) is 0 Å². The van der Waals surface area contributed by atoms with Crippen molar-refractivity contribution in [2.45, 2.75) is 50.2 Å². The van der Waals surface area contributed by atoms with Crippen LogP contribution in [-0.2, 0) is 4.79 Å². The van der Waals surface area contributed by atoms with Crippen LogP contribution in [0.5, 0.6) is 0 Å². The Kier molecular flexibility index (Phi) is 5.21. The highest BCUT2D eigenvalue weighted by Crippen LogP contribution is 2.37. The predicted octanol–water partition coefficient (Wildman–Crippen LogP) is 1.84. The van der Waals surface area contributed by atoms with Gasteiger partial charge in [-0.1, -0.05) is 12.5 Å². The Morgan fingerprint density at radius 1 is 1.24 bits per heavy atom. The largest absolute Gasteiger partial charge is 0.423 e. The molecule has 2 aromatic rings. The van der Waals surface area contributed by atoms with E-state index in [9.17, 15) is 9.59 Å². The van der Waals surface area contributed by atoms with Crippen molar-refractivity contribution in [3.05, 3.63) is 23.8 Å². The molecule has 2 unspecified atom stereocenters. The van der Waals surface area contributed by atoms with Gasteiger partial charge in [0.05, 0.1) is 5.56 Å². The van der Waals surface area contributed by atoms with Crippen LogP contribution < -0.4 is 10.6 Å². The van der Waals surface area contributed by atoms with Crippen LogP contribution in [0, 0.1) is 0 Å². The second kappa shape index (κ2) is 7.67. The summed E-state index contributed by atoms with van der Waals surface area (Å²) in [4.78, 5) is 35.1. The first-order chi connectivity index (χ1) is 13.8. The monoisotopic (exact) mass is 399 g/mol. The average molecular weight is 399 g/mol. The van der Waals surface area contributed by atoms with E-state index in [2.05, 4.69) is 16.9 Å². The smallest absolute Gasteiger partial charge is 0.299 e. The minimum absolute atomic E-state index is 0.00790. The van der Waals surface area contributed by atoms with E-state index < -0.39 is 5.91 Å². The minimum Gasteiger partial charge on any atom is -0.423 e. The highest BCUT2D eigenvalue weighted by atomic mass is 16.4. The van der Waals surface area contributed by atoms with E-state index in [0.717, 1.165) is 12.8 Å². The van der Waals surface area contributed by atoms with E-state index in [4.69, 9.17) is 10.2 Å². The molecule has 0 saturated carbocycles. The fourth-order valence-electron chi connectivity index (χ4n) is 4.74. The summed E-state index contributed by atoms with van der Waals surface area (Å²) >= 11 is 0. The Morgan fingerprint density at radius 3 is 2.55 bits per heavy atom. The molecule has 0 spiro atoms. The zero-order valence-corrected chi connectivity index (χ0v) is 17.3. The van der Waals surface area contributed by atoms with Gasteiger partial charge >= 0.3 is 0 Å². The predicted molar refractivity (Wildman–Crippen MR) is 111 cm³/mol. The summed E-state index contributed by atoms with van der Waals surface area (Å²) in [6.45, 7) is 0.194. The lowest BCUT2D eigenvalue weighted by molar-refractivity contribution is -0.127. The van der Waals surface area contributed by atoms with E-state index in [1.54, 1.807) is 37.2 Å². The summed E-state index contributed by atoms with van der Waals surface area (Å²) in [6, 6.07) is 6.71. The fourth-order valence-corrected chi connectivity index (χ4v) is 4.74. The summed E-state index contributed by atoms with van der Waals surface area (Å²) in [5.74, 6) is -0.549. The standard InChI is InChI=1S/C21H29N5O3/c1-24(2)18(27)12-26(15-10-13-6-4-7-14(11-15)25(13)3)21-23-19-16(20(22)28)8-5-9-17(19)29-21/h5,8-9,13-15H,4,6-7,10-12H2,1-3H3,(H2,22,28). The van der Waals surface area contributed by atoms with Crippen molar-refractivity contribution in [2.75, 3.05) is 32.6 Å². The van der Waals surface area contributed by atoms with Crippen LogP contribution in [0.2, 0.25) is 0 Å². The number of amides is 2. The van der Waals surface area contributed by atoms with E-state index in [-0.39, 0.29) is 18.5 Å². The second-order valence-electron chi connectivity index (χ2n) is 8.46. The average Bonchev–Trinajstić information content (AvgIpc) is 3.09. The number of primary amides is 1.